The topological polar surface area (TPSA) is 38.0 Å². The van der Waals surface area contributed by atoms with Crippen molar-refractivity contribution in [3.05, 3.63) is 25.6 Å². The van der Waals surface area contributed by atoms with Crippen LogP contribution in [0.4, 0.5) is 5.69 Å². The van der Waals surface area contributed by atoms with Gasteiger partial charge in [-0.1, -0.05) is 15.9 Å². The van der Waals surface area contributed by atoms with Gasteiger partial charge >= 0.3 is 0 Å². The summed E-state index contributed by atoms with van der Waals surface area (Å²) in [6.45, 7) is 2.65. The first kappa shape index (κ1) is 12.5. The van der Waals surface area contributed by atoms with Crippen molar-refractivity contribution in [2.75, 3.05) is 11.9 Å². The Kier molecular flexibility index (Phi) is 4.90. The lowest BCUT2D eigenvalue weighted by molar-refractivity contribution is 0.802. The quantitative estimate of drug-likeness (QED) is 0.830. The molecule has 0 aliphatic heterocycles. The van der Waals surface area contributed by atoms with E-state index >= 15 is 0 Å². The second-order valence-corrected chi connectivity index (χ2v) is 5.65. The highest BCUT2D eigenvalue weighted by atomic mass is 79.9. The monoisotopic (exact) mass is 384 g/mol. The van der Waals surface area contributed by atoms with E-state index in [4.69, 9.17) is 5.73 Å². The van der Waals surface area contributed by atoms with E-state index in [-0.39, 0.29) is 6.04 Å². The number of anilines is 1. The molecule has 0 bridgehead atoms. The molecule has 0 spiro atoms. The molecule has 2 nitrogen and oxygen atoms in total. The van der Waals surface area contributed by atoms with Gasteiger partial charge in [-0.05, 0) is 50.9 Å². The molecule has 0 fully saturated rings. The van der Waals surface area contributed by atoms with Crippen molar-refractivity contribution in [1.29, 1.82) is 0 Å². The molecule has 1 aromatic carbocycles. The third-order valence-corrected chi connectivity index (χ3v) is 3.46. The molecule has 1 atom stereocenters. The highest BCUT2D eigenvalue weighted by Gasteiger charge is 2.08. The van der Waals surface area contributed by atoms with Gasteiger partial charge in [0, 0.05) is 26.0 Å². The fourth-order valence-electron chi connectivity index (χ4n) is 0.985. The van der Waals surface area contributed by atoms with Crippen LogP contribution in [0.25, 0.3) is 0 Å². The summed E-state index contributed by atoms with van der Waals surface area (Å²) in [5.74, 6) is 0. The van der Waals surface area contributed by atoms with E-state index in [0.717, 1.165) is 19.1 Å². The molecule has 78 valence electrons. The lowest BCUT2D eigenvalue weighted by atomic mass is 10.2. The summed E-state index contributed by atoms with van der Waals surface area (Å²) in [4.78, 5) is 0. The van der Waals surface area contributed by atoms with Crippen molar-refractivity contribution in [3.63, 3.8) is 0 Å². The van der Waals surface area contributed by atoms with Crippen LogP contribution >= 0.6 is 47.8 Å². The normalized spacial score (nSPS) is 12.6. The summed E-state index contributed by atoms with van der Waals surface area (Å²) in [6, 6.07) is 4.25. The Hall–Kier alpha value is 0.420. The molecule has 14 heavy (non-hydrogen) atoms. The van der Waals surface area contributed by atoms with E-state index < -0.39 is 0 Å². The third kappa shape index (κ3) is 3.22. The van der Waals surface area contributed by atoms with Crippen molar-refractivity contribution < 1.29 is 0 Å². The van der Waals surface area contributed by atoms with Gasteiger partial charge in [0.2, 0.25) is 0 Å². The molecule has 5 heteroatoms. The molecular formula is C9H11Br3N2. The van der Waals surface area contributed by atoms with Crippen LogP contribution in [0.5, 0.6) is 0 Å². The van der Waals surface area contributed by atoms with E-state index in [2.05, 4.69) is 53.1 Å². The van der Waals surface area contributed by atoms with E-state index in [9.17, 15) is 0 Å². The Labute approximate surface area is 109 Å². The smallest absolute Gasteiger partial charge is 0.0632 e. The molecule has 0 aromatic heterocycles. The largest absolute Gasteiger partial charge is 0.379 e. The lowest BCUT2D eigenvalue weighted by Crippen LogP contribution is -2.25. The zero-order chi connectivity index (χ0) is 10.7. The Morgan fingerprint density at radius 2 is 1.79 bits per heavy atom. The zero-order valence-corrected chi connectivity index (χ0v) is 12.4. The Balaban J connectivity index is 2.96. The summed E-state index contributed by atoms with van der Waals surface area (Å²) in [5, 5.41) is 3.32. The van der Waals surface area contributed by atoms with Gasteiger partial charge < -0.3 is 11.1 Å². The molecule has 1 aromatic rings. The average Bonchev–Trinajstić information content (AvgIpc) is 2.10. The van der Waals surface area contributed by atoms with Crippen molar-refractivity contribution >= 4 is 53.5 Å². The second-order valence-electron chi connectivity index (χ2n) is 3.03. The molecule has 0 saturated carbocycles. The van der Waals surface area contributed by atoms with Gasteiger partial charge in [-0.25, -0.2) is 0 Å². The summed E-state index contributed by atoms with van der Waals surface area (Å²) in [6.07, 6.45) is 0. The predicted octanol–water partition coefficient (Wildman–Crippen LogP) is 3.73. The maximum Gasteiger partial charge on any atom is 0.0632 e. The Morgan fingerprint density at radius 3 is 2.21 bits per heavy atom. The highest BCUT2D eigenvalue weighted by Crippen LogP contribution is 2.34. The third-order valence-electron chi connectivity index (χ3n) is 1.75. The van der Waals surface area contributed by atoms with Gasteiger partial charge in [0.05, 0.1) is 5.69 Å². The van der Waals surface area contributed by atoms with Crippen LogP contribution in [0, 0.1) is 0 Å². The number of nitrogens with one attached hydrogen (secondary N) is 1. The van der Waals surface area contributed by atoms with Crippen LogP contribution in [0.1, 0.15) is 6.92 Å². The van der Waals surface area contributed by atoms with Gasteiger partial charge in [0.1, 0.15) is 0 Å². The standard InChI is InChI=1S/C9H11Br3N2/c1-5(4-13)14-9-7(11)2-6(10)3-8(9)12/h2-3,5,14H,4,13H2,1H3. The Morgan fingerprint density at radius 1 is 1.29 bits per heavy atom. The summed E-state index contributed by atoms with van der Waals surface area (Å²) < 4.78 is 3.06. The first-order valence-electron chi connectivity index (χ1n) is 4.15. The van der Waals surface area contributed by atoms with Crippen molar-refractivity contribution in [2.24, 2.45) is 5.73 Å². The zero-order valence-electron chi connectivity index (χ0n) is 7.65. The SMILES string of the molecule is CC(CN)Nc1c(Br)cc(Br)cc1Br. The second kappa shape index (κ2) is 5.49. The van der Waals surface area contributed by atoms with E-state index in [0.29, 0.717) is 6.54 Å². The van der Waals surface area contributed by atoms with Gasteiger partial charge in [-0.2, -0.15) is 0 Å². The van der Waals surface area contributed by atoms with Gasteiger partial charge in [0.25, 0.3) is 0 Å². The van der Waals surface area contributed by atoms with Crippen LogP contribution in [0.3, 0.4) is 0 Å². The fourth-order valence-corrected chi connectivity index (χ4v) is 3.47. The van der Waals surface area contributed by atoms with Crippen molar-refractivity contribution in [1.82, 2.24) is 0 Å². The van der Waals surface area contributed by atoms with Crippen molar-refractivity contribution in [2.45, 2.75) is 13.0 Å². The molecule has 0 aliphatic carbocycles. The number of rotatable bonds is 3. The van der Waals surface area contributed by atoms with Crippen LogP contribution < -0.4 is 11.1 Å². The minimum Gasteiger partial charge on any atom is -0.379 e. The number of nitrogens with two attached hydrogens (primary N) is 1. The molecule has 0 aliphatic rings. The van der Waals surface area contributed by atoms with E-state index in [1.807, 2.05) is 19.1 Å². The van der Waals surface area contributed by atoms with Crippen LogP contribution in [-0.4, -0.2) is 12.6 Å². The number of halogens is 3. The van der Waals surface area contributed by atoms with Gasteiger partial charge in [0.15, 0.2) is 0 Å². The molecule has 0 radical (unpaired) electrons. The minimum atomic E-state index is 0.253. The average molecular weight is 387 g/mol. The Bertz CT molecular complexity index is 305. The number of hydrogen-bond acceptors (Lipinski definition) is 2. The van der Waals surface area contributed by atoms with Crippen molar-refractivity contribution in [3.8, 4) is 0 Å². The number of benzene rings is 1. The molecule has 0 heterocycles. The highest BCUT2D eigenvalue weighted by molar-refractivity contribution is 9.11. The first-order valence-corrected chi connectivity index (χ1v) is 6.53. The molecular weight excluding hydrogens is 376 g/mol. The number of hydrogen-bond donors (Lipinski definition) is 2. The summed E-state index contributed by atoms with van der Waals surface area (Å²) in [5.41, 5.74) is 6.58. The van der Waals surface area contributed by atoms with E-state index in [1.54, 1.807) is 0 Å². The van der Waals surface area contributed by atoms with Gasteiger partial charge in [-0.3, -0.25) is 0 Å². The van der Waals surface area contributed by atoms with Crippen LogP contribution in [0.2, 0.25) is 0 Å². The minimum absolute atomic E-state index is 0.253. The molecule has 0 saturated heterocycles. The van der Waals surface area contributed by atoms with Crippen LogP contribution in [0.15, 0.2) is 25.6 Å². The van der Waals surface area contributed by atoms with E-state index in [1.165, 1.54) is 0 Å². The molecule has 0 amide bonds. The summed E-state index contributed by atoms with van der Waals surface area (Å²) >= 11 is 10.4. The molecule has 1 rings (SSSR count). The molecule has 1 unspecified atom stereocenters. The fraction of sp³-hybridized carbons (Fsp3) is 0.333. The predicted molar refractivity (Wildman–Crippen MR) is 71.7 cm³/mol. The van der Waals surface area contributed by atoms with Crippen LogP contribution in [-0.2, 0) is 0 Å². The maximum atomic E-state index is 5.55. The van der Waals surface area contributed by atoms with Gasteiger partial charge in [-0.15, -0.1) is 0 Å². The summed E-state index contributed by atoms with van der Waals surface area (Å²) in [7, 11) is 0. The molecule has 3 N–H and O–H groups in total. The maximum absolute atomic E-state index is 5.55. The lowest BCUT2D eigenvalue weighted by Gasteiger charge is -2.16. The first-order chi connectivity index (χ1) is 6.54.